The summed E-state index contributed by atoms with van der Waals surface area (Å²) < 4.78 is 0. The first-order valence-corrected chi connectivity index (χ1v) is 4.42. The number of hydrogen-bond acceptors (Lipinski definition) is 3. The number of nitrogens with two attached hydrogens (primary N) is 1. The van der Waals surface area contributed by atoms with E-state index in [4.69, 9.17) is 5.73 Å². The molecule has 0 fully saturated rings. The largest absolute Gasteiger partial charge is 0.399 e. The lowest BCUT2D eigenvalue weighted by molar-refractivity contribution is 1.04. The molecular weight excluding hydrogens is 176 g/mol. The summed E-state index contributed by atoms with van der Waals surface area (Å²) in [6, 6.07) is 5.71. The van der Waals surface area contributed by atoms with Crippen LogP contribution in [0.4, 0.5) is 5.69 Å². The number of rotatable bonds is 1. The van der Waals surface area contributed by atoms with Gasteiger partial charge in [-0.05, 0) is 37.6 Å². The van der Waals surface area contributed by atoms with Gasteiger partial charge in [0.1, 0.15) is 5.82 Å². The van der Waals surface area contributed by atoms with E-state index in [0.717, 1.165) is 28.5 Å². The molecule has 0 unspecified atom stereocenters. The average Bonchev–Trinajstić information content (AvgIpc) is 2.51. The Morgan fingerprint density at radius 1 is 1.29 bits per heavy atom. The van der Waals surface area contributed by atoms with Crippen molar-refractivity contribution >= 4 is 5.69 Å². The van der Waals surface area contributed by atoms with Crippen molar-refractivity contribution in [1.82, 2.24) is 15.2 Å². The molecule has 0 aliphatic carbocycles. The fourth-order valence-corrected chi connectivity index (χ4v) is 1.40. The number of aromatic nitrogens is 3. The highest BCUT2D eigenvalue weighted by atomic mass is 15.2. The summed E-state index contributed by atoms with van der Waals surface area (Å²) in [5, 5.41) is 6.92. The lowest BCUT2D eigenvalue weighted by Gasteiger charge is -2.01. The first-order chi connectivity index (χ1) is 6.66. The van der Waals surface area contributed by atoms with Crippen LogP contribution in [0, 0.1) is 13.8 Å². The zero-order chi connectivity index (χ0) is 10.1. The molecule has 4 nitrogen and oxygen atoms in total. The molecule has 2 aromatic rings. The van der Waals surface area contributed by atoms with Crippen LogP contribution in [0.5, 0.6) is 0 Å². The summed E-state index contributed by atoms with van der Waals surface area (Å²) in [6.07, 6.45) is 0. The number of aryl methyl sites for hydroxylation is 2. The van der Waals surface area contributed by atoms with Crippen molar-refractivity contribution in [1.29, 1.82) is 0 Å². The summed E-state index contributed by atoms with van der Waals surface area (Å²) in [4.78, 5) is 4.26. The van der Waals surface area contributed by atoms with Crippen LogP contribution in [0.2, 0.25) is 0 Å². The van der Waals surface area contributed by atoms with Crippen LogP contribution in [0.3, 0.4) is 0 Å². The molecule has 0 amide bonds. The van der Waals surface area contributed by atoms with Gasteiger partial charge in [-0.3, -0.25) is 5.10 Å². The number of H-pyrrole nitrogens is 1. The van der Waals surface area contributed by atoms with E-state index in [1.807, 2.05) is 32.0 Å². The molecule has 1 aromatic carbocycles. The van der Waals surface area contributed by atoms with Crippen molar-refractivity contribution < 1.29 is 0 Å². The fourth-order valence-electron chi connectivity index (χ4n) is 1.40. The molecule has 0 aliphatic rings. The average molecular weight is 188 g/mol. The van der Waals surface area contributed by atoms with Gasteiger partial charge in [0.15, 0.2) is 5.82 Å². The zero-order valence-corrected chi connectivity index (χ0v) is 8.20. The van der Waals surface area contributed by atoms with Crippen molar-refractivity contribution in [3.05, 3.63) is 29.6 Å². The quantitative estimate of drug-likeness (QED) is 0.669. The van der Waals surface area contributed by atoms with Gasteiger partial charge in [0.25, 0.3) is 0 Å². The number of nitrogens with one attached hydrogen (secondary N) is 1. The van der Waals surface area contributed by atoms with Gasteiger partial charge in [0.05, 0.1) is 0 Å². The molecule has 0 spiro atoms. The molecule has 2 rings (SSSR count). The SMILES string of the molecule is Cc1nc(-c2ccc(N)cc2C)n[nH]1. The van der Waals surface area contributed by atoms with Crippen molar-refractivity contribution in [2.24, 2.45) is 0 Å². The molecule has 72 valence electrons. The normalized spacial score (nSPS) is 10.4. The second-order valence-corrected chi connectivity index (χ2v) is 3.32. The van der Waals surface area contributed by atoms with E-state index in [9.17, 15) is 0 Å². The summed E-state index contributed by atoms with van der Waals surface area (Å²) in [5.41, 5.74) is 8.53. The highest BCUT2D eigenvalue weighted by molar-refractivity contribution is 5.63. The maximum Gasteiger partial charge on any atom is 0.181 e. The Hall–Kier alpha value is -1.84. The second-order valence-electron chi connectivity index (χ2n) is 3.32. The highest BCUT2D eigenvalue weighted by Crippen LogP contribution is 2.21. The fraction of sp³-hybridized carbons (Fsp3) is 0.200. The molecule has 14 heavy (non-hydrogen) atoms. The van der Waals surface area contributed by atoms with Crippen molar-refractivity contribution in [2.75, 3.05) is 5.73 Å². The summed E-state index contributed by atoms with van der Waals surface area (Å²) in [6.45, 7) is 3.88. The second kappa shape index (κ2) is 3.14. The number of nitrogens with zero attached hydrogens (tertiary/aromatic N) is 2. The third-order valence-corrected chi connectivity index (χ3v) is 2.09. The first kappa shape index (κ1) is 8.74. The third-order valence-electron chi connectivity index (χ3n) is 2.09. The zero-order valence-electron chi connectivity index (χ0n) is 8.20. The van der Waals surface area contributed by atoms with Crippen LogP contribution in [0.15, 0.2) is 18.2 Å². The smallest absolute Gasteiger partial charge is 0.181 e. The van der Waals surface area contributed by atoms with Gasteiger partial charge < -0.3 is 5.73 Å². The molecule has 1 heterocycles. The molecule has 1 aromatic heterocycles. The van der Waals surface area contributed by atoms with Crippen molar-refractivity contribution in [2.45, 2.75) is 13.8 Å². The van der Waals surface area contributed by atoms with Crippen molar-refractivity contribution in [3.63, 3.8) is 0 Å². The van der Waals surface area contributed by atoms with Crippen molar-refractivity contribution in [3.8, 4) is 11.4 Å². The van der Waals surface area contributed by atoms with Crippen LogP contribution in [-0.2, 0) is 0 Å². The van der Waals surface area contributed by atoms with E-state index in [0.29, 0.717) is 0 Å². The standard InChI is InChI=1S/C10H12N4/c1-6-5-8(11)3-4-9(6)10-12-7(2)13-14-10/h3-5H,11H2,1-2H3,(H,12,13,14). The molecule has 0 radical (unpaired) electrons. The number of benzene rings is 1. The molecule has 3 N–H and O–H groups in total. The minimum absolute atomic E-state index is 0.722. The Bertz CT molecular complexity index is 459. The van der Waals surface area contributed by atoms with E-state index in [1.165, 1.54) is 0 Å². The molecular formula is C10H12N4. The molecule has 0 bridgehead atoms. The predicted molar refractivity (Wildman–Crippen MR) is 55.7 cm³/mol. The van der Waals surface area contributed by atoms with Gasteiger partial charge in [-0.25, -0.2) is 4.98 Å². The maximum absolute atomic E-state index is 5.66. The van der Waals surface area contributed by atoms with Crippen LogP contribution in [0.25, 0.3) is 11.4 Å². The molecule has 4 heteroatoms. The minimum Gasteiger partial charge on any atom is -0.399 e. The Morgan fingerprint density at radius 2 is 2.07 bits per heavy atom. The molecule has 0 aliphatic heterocycles. The molecule has 0 saturated heterocycles. The Labute approximate surface area is 82.2 Å². The third kappa shape index (κ3) is 1.46. The Morgan fingerprint density at radius 3 is 2.64 bits per heavy atom. The van der Waals surface area contributed by atoms with Gasteiger partial charge >= 0.3 is 0 Å². The summed E-state index contributed by atoms with van der Waals surface area (Å²) >= 11 is 0. The van der Waals surface area contributed by atoms with Gasteiger partial charge in [0, 0.05) is 11.3 Å². The van der Waals surface area contributed by atoms with E-state index in [2.05, 4.69) is 15.2 Å². The predicted octanol–water partition coefficient (Wildman–Crippen LogP) is 1.67. The van der Waals surface area contributed by atoms with Crippen LogP contribution < -0.4 is 5.73 Å². The number of hydrogen-bond donors (Lipinski definition) is 2. The summed E-state index contributed by atoms with van der Waals surface area (Å²) in [5.74, 6) is 1.54. The Kier molecular flexibility index (Phi) is 1.96. The van der Waals surface area contributed by atoms with Gasteiger partial charge in [-0.1, -0.05) is 0 Å². The van der Waals surface area contributed by atoms with E-state index in [-0.39, 0.29) is 0 Å². The lowest BCUT2D eigenvalue weighted by atomic mass is 10.1. The topological polar surface area (TPSA) is 67.6 Å². The number of anilines is 1. The first-order valence-electron chi connectivity index (χ1n) is 4.42. The lowest BCUT2D eigenvalue weighted by Crippen LogP contribution is -1.89. The number of nitrogen functional groups attached to an aromatic ring is 1. The molecule has 0 saturated carbocycles. The number of aromatic amines is 1. The summed E-state index contributed by atoms with van der Waals surface area (Å²) in [7, 11) is 0. The van der Waals surface area contributed by atoms with Gasteiger partial charge in [0.2, 0.25) is 0 Å². The highest BCUT2D eigenvalue weighted by Gasteiger charge is 2.06. The maximum atomic E-state index is 5.66. The van der Waals surface area contributed by atoms with Gasteiger partial charge in [-0.15, -0.1) is 0 Å². The van der Waals surface area contributed by atoms with E-state index in [1.54, 1.807) is 0 Å². The van der Waals surface area contributed by atoms with E-state index < -0.39 is 0 Å². The van der Waals surface area contributed by atoms with Crippen LogP contribution in [0.1, 0.15) is 11.4 Å². The van der Waals surface area contributed by atoms with Crippen LogP contribution >= 0.6 is 0 Å². The van der Waals surface area contributed by atoms with E-state index >= 15 is 0 Å². The minimum atomic E-state index is 0.722. The molecule has 0 atom stereocenters. The van der Waals surface area contributed by atoms with Crippen LogP contribution in [-0.4, -0.2) is 15.2 Å². The Balaban J connectivity index is 2.52. The monoisotopic (exact) mass is 188 g/mol. The van der Waals surface area contributed by atoms with Gasteiger partial charge in [-0.2, -0.15) is 5.10 Å².